The number of hydrogen-bond acceptors (Lipinski definition) is 5. The molecule has 3 aliphatic rings. The van der Waals surface area contributed by atoms with Crippen LogP contribution in [-0.4, -0.2) is 38.0 Å². The number of nitrogens with two attached hydrogens (primary N) is 1. The van der Waals surface area contributed by atoms with E-state index in [4.69, 9.17) is 5.73 Å². The fourth-order valence-corrected chi connectivity index (χ4v) is 5.49. The van der Waals surface area contributed by atoms with Crippen LogP contribution in [0.5, 0.6) is 0 Å². The molecule has 6 rings (SSSR count). The summed E-state index contributed by atoms with van der Waals surface area (Å²) in [6.07, 6.45) is -0.00505. The maximum atomic E-state index is 13.8. The zero-order chi connectivity index (χ0) is 25.9. The Morgan fingerprint density at radius 2 is 1.86 bits per heavy atom. The average Bonchev–Trinajstić information content (AvgIpc) is 3.15. The van der Waals surface area contributed by atoms with E-state index in [-0.39, 0.29) is 18.4 Å². The number of nitrogens with zero attached hydrogens (tertiary/aromatic N) is 4. The third-order valence-corrected chi connectivity index (χ3v) is 7.51. The SMILES string of the molecule is Nc1nccc2c1CCC2NC(=O)c1cn(Cc2ccc(CN3CC4CC4C3=O)cc2)nc1C(F)(F)F. The molecule has 3 unspecified atom stereocenters. The molecule has 0 spiro atoms. The van der Waals surface area contributed by atoms with Crippen LogP contribution >= 0.6 is 0 Å². The van der Waals surface area contributed by atoms with Crippen LogP contribution in [0.2, 0.25) is 0 Å². The molecule has 3 aromatic rings. The van der Waals surface area contributed by atoms with Crippen molar-refractivity contribution in [2.45, 2.75) is 44.6 Å². The summed E-state index contributed by atoms with van der Waals surface area (Å²) in [5.74, 6) is 0.437. The monoisotopic (exact) mass is 510 g/mol. The maximum absolute atomic E-state index is 13.8. The Balaban J connectivity index is 1.17. The van der Waals surface area contributed by atoms with Gasteiger partial charge in [0.2, 0.25) is 5.91 Å². The van der Waals surface area contributed by atoms with Gasteiger partial charge in [0, 0.05) is 31.4 Å². The van der Waals surface area contributed by atoms with Gasteiger partial charge in [-0.25, -0.2) is 4.98 Å². The van der Waals surface area contributed by atoms with Crippen molar-refractivity contribution in [1.29, 1.82) is 0 Å². The lowest BCUT2D eigenvalue weighted by Gasteiger charge is -2.18. The largest absolute Gasteiger partial charge is 0.435 e. The van der Waals surface area contributed by atoms with Gasteiger partial charge in [-0.1, -0.05) is 24.3 Å². The predicted octanol–water partition coefficient (Wildman–Crippen LogP) is 3.32. The highest BCUT2D eigenvalue weighted by Gasteiger charge is 2.51. The number of rotatable bonds is 6. The van der Waals surface area contributed by atoms with Crippen molar-refractivity contribution in [2.75, 3.05) is 12.3 Å². The molecule has 3 atom stereocenters. The molecule has 2 fully saturated rings. The number of likely N-dealkylation sites (tertiary alicyclic amines) is 1. The molecule has 192 valence electrons. The molecule has 37 heavy (non-hydrogen) atoms. The standard InChI is InChI=1S/C26H25F3N6O2/c27-26(28,29)22-20(24(36)32-21-6-5-18-17(21)7-8-31-23(18)30)13-35(33-22)11-15-3-1-14(2-4-15)10-34-12-16-9-19(16)25(34)37/h1-4,7-8,13,16,19,21H,5-6,9-12H2,(H2,30,31)(H,32,36). The van der Waals surface area contributed by atoms with E-state index in [1.54, 1.807) is 18.2 Å². The van der Waals surface area contributed by atoms with Gasteiger partial charge in [-0.3, -0.25) is 14.3 Å². The smallest absolute Gasteiger partial charge is 0.383 e. The average molecular weight is 511 g/mol. The minimum atomic E-state index is -4.79. The summed E-state index contributed by atoms with van der Waals surface area (Å²) in [5.41, 5.74) is 7.43. The van der Waals surface area contributed by atoms with Gasteiger partial charge in [0.15, 0.2) is 5.69 Å². The molecule has 0 radical (unpaired) electrons. The van der Waals surface area contributed by atoms with Gasteiger partial charge in [-0.05, 0) is 53.5 Å². The van der Waals surface area contributed by atoms with Crippen LogP contribution in [0.1, 0.15) is 57.2 Å². The summed E-state index contributed by atoms with van der Waals surface area (Å²) in [6, 6.07) is 8.62. The molecular formula is C26H25F3N6O2. The second-order valence-corrected chi connectivity index (χ2v) is 10.1. The third-order valence-electron chi connectivity index (χ3n) is 7.51. The molecule has 3 N–H and O–H groups in total. The second-order valence-electron chi connectivity index (χ2n) is 10.1. The number of piperidine rings is 1. The summed E-state index contributed by atoms with van der Waals surface area (Å²) in [4.78, 5) is 31.0. The lowest BCUT2D eigenvalue weighted by molar-refractivity contribution is -0.141. The van der Waals surface area contributed by atoms with Gasteiger partial charge >= 0.3 is 6.18 Å². The molecule has 1 saturated carbocycles. The molecule has 0 bridgehead atoms. The summed E-state index contributed by atoms with van der Waals surface area (Å²) in [6.45, 7) is 1.39. The first-order chi connectivity index (χ1) is 17.7. The summed E-state index contributed by atoms with van der Waals surface area (Å²) >= 11 is 0. The zero-order valence-corrected chi connectivity index (χ0v) is 19.8. The number of aromatic nitrogens is 3. The summed E-state index contributed by atoms with van der Waals surface area (Å²) < 4.78 is 42.4. The third kappa shape index (κ3) is 4.42. The van der Waals surface area contributed by atoms with E-state index in [0.29, 0.717) is 31.1 Å². The topological polar surface area (TPSA) is 106 Å². The van der Waals surface area contributed by atoms with Gasteiger partial charge in [-0.2, -0.15) is 18.3 Å². The molecule has 3 heterocycles. The van der Waals surface area contributed by atoms with Crippen molar-refractivity contribution in [1.82, 2.24) is 25.0 Å². The van der Waals surface area contributed by atoms with Gasteiger partial charge in [0.05, 0.1) is 18.2 Å². The quantitative estimate of drug-likeness (QED) is 0.529. The number of amides is 2. The number of carbonyl (C=O) groups excluding carboxylic acids is 2. The van der Waals surface area contributed by atoms with E-state index < -0.39 is 29.4 Å². The van der Waals surface area contributed by atoms with E-state index in [1.165, 1.54) is 6.20 Å². The van der Waals surface area contributed by atoms with Crippen LogP contribution in [0.15, 0.2) is 42.7 Å². The van der Waals surface area contributed by atoms with Crippen molar-refractivity contribution in [3.05, 3.63) is 76.2 Å². The lowest BCUT2D eigenvalue weighted by atomic mass is 10.1. The number of pyridine rings is 1. The lowest BCUT2D eigenvalue weighted by Crippen LogP contribution is -2.28. The van der Waals surface area contributed by atoms with Crippen molar-refractivity contribution < 1.29 is 22.8 Å². The van der Waals surface area contributed by atoms with E-state index >= 15 is 0 Å². The molecule has 1 saturated heterocycles. The highest BCUT2D eigenvalue weighted by Crippen LogP contribution is 2.46. The van der Waals surface area contributed by atoms with Crippen LogP contribution < -0.4 is 11.1 Å². The summed E-state index contributed by atoms with van der Waals surface area (Å²) in [7, 11) is 0. The Hall–Kier alpha value is -3.89. The highest BCUT2D eigenvalue weighted by atomic mass is 19.4. The van der Waals surface area contributed by atoms with Crippen molar-refractivity contribution in [3.8, 4) is 0 Å². The van der Waals surface area contributed by atoms with Crippen LogP contribution in [0, 0.1) is 11.8 Å². The predicted molar refractivity (Wildman–Crippen MR) is 127 cm³/mol. The first kappa shape index (κ1) is 23.5. The minimum absolute atomic E-state index is 0.0674. The number of benzene rings is 1. The Morgan fingerprint density at radius 3 is 2.54 bits per heavy atom. The molecular weight excluding hydrogens is 485 g/mol. The number of carbonyl (C=O) groups is 2. The molecule has 1 aromatic carbocycles. The van der Waals surface area contributed by atoms with E-state index in [1.807, 2.05) is 17.0 Å². The Kier molecular flexibility index (Phi) is 5.46. The molecule has 2 aromatic heterocycles. The van der Waals surface area contributed by atoms with Gasteiger partial charge in [-0.15, -0.1) is 0 Å². The fraction of sp³-hybridized carbons (Fsp3) is 0.385. The Bertz CT molecular complexity index is 1380. The van der Waals surface area contributed by atoms with Crippen LogP contribution in [0.4, 0.5) is 19.0 Å². The Morgan fingerprint density at radius 1 is 1.14 bits per heavy atom. The normalized spacial score (nSPS) is 22.2. The first-order valence-electron chi connectivity index (χ1n) is 12.2. The fourth-order valence-electron chi connectivity index (χ4n) is 5.49. The molecule has 2 amide bonds. The van der Waals surface area contributed by atoms with E-state index in [2.05, 4.69) is 15.4 Å². The molecule has 11 heteroatoms. The number of alkyl halides is 3. The molecule has 2 aliphatic carbocycles. The van der Waals surface area contributed by atoms with Crippen molar-refractivity contribution >= 4 is 17.6 Å². The number of nitrogen functional groups attached to an aromatic ring is 1. The zero-order valence-electron chi connectivity index (χ0n) is 19.8. The molecule has 8 nitrogen and oxygen atoms in total. The van der Waals surface area contributed by atoms with Crippen LogP contribution in [0.3, 0.4) is 0 Å². The number of halogens is 3. The Labute approximate surface area is 210 Å². The maximum Gasteiger partial charge on any atom is 0.435 e. The van der Waals surface area contributed by atoms with Crippen LogP contribution in [-0.2, 0) is 30.5 Å². The highest BCUT2D eigenvalue weighted by molar-refractivity contribution is 5.95. The number of fused-ring (bicyclic) bond motifs is 2. The number of anilines is 1. The van der Waals surface area contributed by atoms with Crippen molar-refractivity contribution in [2.24, 2.45) is 11.8 Å². The molecule has 1 aliphatic heterocycles. The number of hydrogen-bond donors (Lipinski definition) is 2. The minimum Gasteiger partial charge on any atom is -0.383 e. The number of nitrogens with one attached hydrogen (secondary N) is 1. The van der Waals surface area contributed by atoms with Crippen molar-refractivity contribution in [3.63, 3.8) is 0 Å². The first-order valence-corrected chi connectivity index (χ1v) is 12.2. The van der Waals surface area contributed by atoms with Gasteiger partial charge < -0.3 is 16.0 Å². The summed E-state index contributed by atoms with van der Waals surface area (Å²) in [5, 5.41) is 6.42. The van der Waals surface area contributed by atoms with Gasteiger partial charge in [0.25, 0.3) is 5.91 Å². The van der Waals surface area contributed by atoms with E-state index in [0.717, 1.165) is 46.1 Å². The van der Waals surface area contributed by atoms with Gasteiger partial charge in [0.1, 0.15) is 5.82 Å². The van der Waals surface area contributed by atoms with E-state index in [9.17, 15) is 22.8 Å². The second kappa shape index (κ2) is 8.60. The van der Waals surface area contributed by atoms with Crippen LogP contribution in [0.25, 0.3) is 0 Å².